The van der Waals surface area contributed by atoms with Crippen LogP contribution in [-0.2, 0) is 20.6 Å². The lowest BCUT2D eigenvalue weighted by Gasteiger charge is -2.45. The summed E-state index contributed by atoms with van der Waals surface area (Å²) >= 11 is 0. The fraction of sp³-hybridized carbons (Fsp3) is 0.484. The number of nitrogens with one attached hydrogen (secondary N) is 1. The number of β-lactam (4-membered cyclic amide) rings is 1. The summed E-state index contributed by atoms with van der Waals surface area (Å²) in [7, 11) is 1.41. The van der Waals surface area contributed by atoms with Crippen molar-refractivity contribution in [3.8, 4) is 0 Å². The van der Waals surface area contributed by atoms with Gasteiger partial charge < -0.3 is 36.6 Å². The molecule has 0 radical (unpaired) electrons. The Balaban J connectivity index is 1.71. The van der Waals surface area contributed by atoms with Crippen LogP contribution in [0.4, 0.5) is 17.6 Å². The minimum atomic E-state index is -4.55. The van der Waals surface area contributed by atoms with Crippen LogP contribution in [0.2, 0.25) is 0 Å². The van der Waals surface area contributed by atoms with Gasteiger partial charge in [0.25, 0.3) is 5.91 Å². The van der Waals surface area contributed by atoms with E-state index < -0.39 is 53.7 Å². The standard InChI is InChI=1S/C31H40F4N6O5/c1-19(32)20-3-5-21(6-4-20)27(43)26(41-18-23(29(41)45)17-25(42)40(14-11-36)15-12-37)30(46)39(2)16-13-38-28(44)22-7-9-24(10-8-22)31(33,34)35/h3-10,19,23,26-27,43H,11-18,36-37H2,1-2H3,(H,38,44). The summed E-state index contributed by atoms with van der Waals surface area (Å²) in [6, 6.07) is 8.11. The molecule has 46 heavy (non-hydrogen) atoms. The van der Waals surface area contributed by atoms with Crippen molar-refractivity contribution in [3.63, 3.8) is 0 Å². The highest BCUT2D eigenvalue weighted by atomic mass is 19.4. The maximum Gasteiger partial charge on any atom is 0.416 e. The second kappa shape index (κ2) is 16.0. The number of likely N-dealkylation sites (N-methyl/N-ethyl adjacent to an activating group) is 1. The lowest BCUT2D eigenvalue weighted by molar-refractivity contribution is -0.166. The maximum atomic E-state index is 13.8. The number of aliphatic hydroxyl groups is 1. The topological polar surface area (TPSA) is 162 Å². The Kier molecular flexibility index (Phi) is 12.6. The first-order chi connectivity index (χ1) is 21.7. The third-order valence-electron chi connectivity index (χ3n) is 7.83. The molecule has 0 spiro atoms. The van der Waals surface area contributed by atoms with E-state index in [-0.39, 0.29) is 69.3 Å². The molecule has 2 aromatic carbocycles. The average Bonchev–Trinajstić information content (AvgIpc) is 3.02. The van der Waals surface area contributed by atoms with Crippen LogP contribution in [0.25, 0.3) is 0 Å². The van der Waals surface area contributed by atoms with Gasteiger partial charge in [0.15, 0.2) is 0 Å². The zero-order valence-electron chi connectivity index (χ0n) is 25.7. The van der Waals surface area contributed by atoms with Crippen molar-refractivity contribution in [1.82, 2.24) is 20.0 Å². The fourth-order valence-corrected chi connectivity index (χ4v) is 5.11. The Morgan fingerprint density at radius 1 is 1.00 bits per heavy atom. The number of carbonyl (C=O) groups excluding carboxylic acids is 4. The van der Waals surface area contributed by atoms with Gasteiger partial charge in [-0.2, -0.15) is 13.2 Å². The Morgan fingerprint density at radius 3 is 2.07 bits per heavy atom. The van der Waals surface area contributed by atoms with Gasteiger partial charge in [0.05, 0.1) is 11.5 Å². The zero-order valence-corrected chi connectivity index (χ0v) is 25.7. The molecule has 0 bridgehead atoms. The highest BCUT2D eigenvalue weighted by Crippen LogP contribution is 2.32. The van der Waals surface area contributed by atoms with Crippen molar-refractivity contribution in [2.75, 3.05) is 52.9 Å². The van der Waals surface area contributed by atoms with E-state index in [0.29, 0.717) is 5.56 Å². The van der Waals surface area contributed by atoms with Gasteiger partial charge in [0.1, 0.15) is 18.3 Å². The Labute approximate surface area is 264 Å². The number of hydrogen-bond donors (Lipinski definition) is 4. The third-order valence-corrected chi connectivity index (χ3v) is 7.83. The number of nitrogens with zero attached hydrogens (tertiary/aromatic N) is 3. The Bertz CT molecular complexity index is 1350. The average molecular weight is 653 g/mol. The van der Waals surface area contributed by atoms with Gasteiger partial charge in [-0.3, -0.25) is 19.2 Å². The molecule has 4 unspecified atom stereocenters. The second-order valence-corrected chi connectivity index (χ2v) is 11.1. The van der Waals surface area contributed by atoms with Crippen LogP contribution in [0, 0.1) is 5.92 Å². The van der Waals surface area contributed by atoms with E-state index in [4.69, 9.17) is 11.5 Å². The predicted molar refractivity (Wildman–Crippen MR) is 161 cm³/mol. The first kappa shape index (κ1) is 36.4. The number of alkyl halides is 4. The van der Waals surface area contributed by atoms with Gasteiger partial charge in [0, 0.05) is 64.8 Å². The maximum absolute atomic E-state index is 13.8. The highest BCUT2D eigenvalue weighted by molar-refractivity contribution is 5.95. The van der Waals surface area contributed by atoms with E-state index in [0.717, 1.165) is 24.3 Å². The number of halogens is 4. The van der Waals surface area contributed by atoms with Crippen molar-refractivity contribution < 1.29 is 41.8 Å². The summed E-state index contributed by atoms with van der Waals surface area (Å²) in [4.78, 5) is 56.1. The number of carbonyl (C=O) groups is 4. The molecule has 11 nitrogen and oxygen atoms in total. The zero-order chi connectivity index (χ0) is 34.2. The van der Waals surface area contributed by atoms with Crippen LogP contribution in [-0.4, -0.2) is 102 Å². The number of aliphatic hydroxyl groups excluding tert-OH is 1. The number of benzene rings is 2. The normalized spacial score (nSPS) is 16.7. The van der Waals surface area contributed by atoms with E-state index >= 15 is 0 Å². The van der Waals surface area contributed by atoms with E-state index in [1.54, 1.807) is 0 Å². The molecule has 6 N–H and O–H groups in total. The van der Waals surface area contributed by atoms with E-state index in [9.17, 15) is 41.8 Å². The Hall–Kier alpha value is -4.08. The minimum Gasteiger partial charge on any atom is -0.386 e. The number of rotatable bonds is 15. The van der Waals surface area contributed by atoms with Gasteiger partial charge in [-0.1, -0.05) is 24.3 Å². The van der Waals surface area contributed by atoms with Crippen molar-refractivity contribution in [2.45, 2.75) is 37.8 Å². The summed E-state index contributed by atoms with van der Waals surface area (Å²) in [5.41, 5.74) is 10.9. The summed E-state index contributed by atoms with van der Waals surface area (Å²) in [6.07, 6.45) is -7.44. The molecule has 2 aromatic rings. The Morgan fingerprint density at radius 2 is 1.57 bits per heavy atom. The lowest BCUT2D eigenvalue weighted by Crippen LogP contribution is -2.63. The summed E-state index contributed by atoms with van der Waals surface area (Å²) < 4.78 is 52.2. The number of nitrogens with two attached hydrogens (primary N) is 2. The summed E-state index contributed by atoms with van der Waals surface area (Å²) in [5, 5.41) is 13.9. The molecule has 15 heteroatoms. The van der Waals surface area contributed by atoms with Crippen LogP contribution in [0.15, 0.2) is 48.5 Å². The summed E-state index contributed by atoms with van der Waals surface area (Å²) in [5.74, 6) is -2.86. The first-order valence-electron chi connectivity index (χ1n) is 14.8. The van der Waals surface area contributed by atoms with Gasteiger partial charge in [0.2, 0.25) is 17.7 Å². The second-order valence-electron chi connectivity index (χ2n) is 11.1. The van der Waals surface area contributed by atoms with E-state index in [2.05, 4.69) is 5.32 Å². The SMILES string of the molecule is CC(F)c1ccc(C(O)C(C(=O)N(C)CCNC(=O)c2ccc(C(F)(F)F)cc2)N2CC(CC(=O)N(CCN)CCN)C2=O)cc1. The largest absolute Gasteiger partial charge is 0.416 e. The molecule has 4 atom stereocenters. The van der Waals surface area contributed by atoms with Crippen LogP contribution >= 0.6 is 0 Å². The molecule has 1 heterocycles. The molecule has 4 amide bonds. The van der Waals surface area contributed by atoms with Gasteiger partial charge in [-0.15, -0.1) is 0 Å². The minimum absolute atomic E-state index is 0.00915. The van der Waals surface area contributed by atoms with Crippen molar-refractivity contribution in [3.05, 3.63) is 70.8 Å². The van der Waals surface area contributed by atoms with Gasteiger partial charge in [-0.25, -0.2) is 4.39 Å². The molecule has 1 aliphatic heterocycles. The van der Waals surface area contributed by atoms with Crippen LogP contribution in [0.5, 0.6) is 0 Å². The van der Waals surface area contributed by atoms with Gasteiger partial charge >= 0.3 is 6.18 Å². The molecular weight excluding hydrogens is 612 g/mol. The molecule has 0 aliphatic carbocycles. The number of amides is 4. The highest BCUT2D eigenvalue weighted by Gasteiger charge is 2.48. The molecule has 0 aromatic heterocycles. The number of hydrogen-bond acceptors (Lipinski definition) is 7. The van der Waals surface area contributed by atoms with E-state index in [1.165, 1.54) is 52.9 Å². The molecular formula is C31H40F4N6O5. The van der Waals surface area contributed by atoms with Crippen molar-refractivity contribution in [2.24, 2.45) is 17.4 Å². The van der Waals surface area contributed by atoms with E-state index in [1.807, 2.05) is 0 Å². The van der Waals surface area contributed by atoms with Gasteiger partial charge in [-0.05, 0) is 42.3 Å². The molecule has 0 saturated carbocycles. The third kappa shape index (κ3) is 9.01. The molecule has 1 aliphatic rings. The fourth-order valence-electron chi connectivity index (χ4n) is 5.11. The lowest BCUT2D eigenvalue weighted by atomic mass is 9.88. The molecule has 1 saturated heterocycles. The quantitative estimate of drug-likeness (QED) is 0.168. The van der Waals surface area contributed by atoms with Crippen LogP contribution in [0.3, 0.4) is 0 Å². The molecule has 252 valence electrons. The first-order valence-corrected chi connectivity index (χ1v) is 14.8. The van der Waals surface area contributed by atoms with Crippen molar-refractivity contribution in [1.29, 1.82) is 0 Å². The smallest absolute Gasteiger partial charge is 0.386 e. The van der Waals surface area contributed by atoms with Crippen molar-refractivity contribution >= 4 is 23.6 Å². The molecule has 1 fully saturated rings. The predicted octanol–water partition coefficient (Wildman–Crippen LogP) is 1.62. The summed E-state index contributed by atoms with van der Waals surface area (Å²) in [6.45, 7) is 2.19. The molecule has 3 rings (SSSR count). The van der Waals surface area contributed by atoms with Crippen LogP contribution < -0.4 is 16.8 Å². The van der Waals surface area contributed by atoms with Crippen LogP contribution in [0.1, 0.15) is 52.7 Å². The monoisotopic (exact) mass is 652 g/mol. The number of likely N-dealkylation sites (tertiary alicyclic amines) is 1.